The van der Waals surface area contributed by atoms with E-state index < -0.39 is 6.10 Å². The molecule has 0 radical (unpaired) electrons. The fourth-order valence-corrected chi connectivity index (χ4v) is 4.00. The zero-order valence-electron chi connectivity index (χ0n) is 15.1. The third-order valence-electron chi connectivity index (χ3n) is 5.24. The van der Waals surface area contributed by atoms with Crippen molar-refractivity contribution in [1.29, 1.82) is 0 Å². The largest absolute Gasteiger partial charge is 0.391 e. The molecule has 25 heavy (non-hydrogen) atoms. The Bertz CT molecular complexity index is 665. The van der Waals surface area contributed by atoms with Crippen LogP contribution in [-0.4, -0.2) is 49.2 Å². The average molecular weight is 345 g/mol. The highest BCUT2D eigenvalue weighted by molar-refractivity contribution is 6.01. The molecular weight excluding hydrogens is 318 g/mol. The number of carbonyl (C=O) groups is 2. The minimum absolute atomic E-state index is 0.00206. The SMILES string of the molecule is Cc1cc(C)c(N2CC(C(=O)NCC3CNCC3O)CC2=O)c(C)c1. The van der Waals surface area contributed by atoms with Crippen LogP contribution in [0.5, 0.6) is 0 Å². The van der Waals surface area contributed by atoms with Gasteiger partial charge in [-0.3, -0.25) is 9.59 Å². The second-order valence-electron chi connectivity index (χ2n) is 7.38. The van der Waals surface area contributed by atoms with Crippen LogP contribution in [0.25, 0.3) is 0 Å². The Kier molecular flexibility index (Phi) is 5.11. The number of aryl methyl sites for hydroxylation is 3. The van der Waals surface area contributed by atoms with E-state index in [1.807, 2.05) is 20.8 Å². The summed E-state index contributed by atoms with van der Waals surface area (Å²) in [6.07, 6.45) is -0.177. The van der Waals surface area contributed by atoms with Crippen molar-refractivity contribution in [3.8, 4) is 0 Å². The number of hydrogen-bond donors (Lipinski definition) is 3. The predicted octanol–water partition coefficient (Wildman–Crippen LogP) is 0.661. The maximum atomic E-state index is 12.5. The molecule has 3 unspecified atom stereocenters. The summed E-state index contributed by atoms with van der Waals surface area (Å²) in [5.41, 5.74) is 4.23. The van der Waals surface area contributed by atoms with Gasteiger partial charge in [0.05, 0.1) is 12.0 Å². The van der Waals surface area contributed by atoms with Crippen molar-refractivity contribution in [2.75, 3.05) is 31.1 Å². The topological polar surface area (TPSA) is 81.7 Å². The normalized spacial score (nSPS) is 26.3. The molecule has 3 rings (SSSR count). The van der Waals surface area contributed by atoms with Crippen LogP contribution >= 0.6 is 0 Å². The van der Waals surface area contributed by atoms with Gasteiger partial charge < -0.3 is 20.6 Å². The van der Waals surface area contributed by atoms with E-state index in [-0.39, 0.29) is 30.1 Å². The van der Waals surface area contributed by atoms with E-state index in [1.165, 1.54) is 5.56 Å². The lowest BCUT2D eigenvalue weighted by molar-refractivity contribution is -0.126. The maximum absolute atomic E-state index is 12.5. The van der Waals surface area contributed by atoms with Crippen molar-refractivity contribution in [3.63, 3.8) is 0 Å². The van der Waals surface area contributed by atoms with E-state index in [4.69, 9.17) is 0 Å². The van der Waals surface area contributed by atoms with Crippen LogP contribution in [0.15, 0.2) is 12.1 Å². The van der Waals surface area contributed by atoms with E-state index in [0.717, 1.165) is 16.8 Å². The molecule has 3 atom stereocenters. The van der Waals surface area contributed by atoms with Crippen LogP contribution in [0.1, 0.15) is 23.1 Å². The first-order chi connectivity index (χ1) is 11.9. The highest BCUT2D eigenvalue weighted by Crippen LogP contribution is 2.31. The fourth-order valence-electron chi connectivity index (χ4n) is 4.00. The van der Waals surface area contributed by atoms with E-state index in [1.54, 1.807) is 4.90 Å². The molecule has 1 aromatic rings. The number of aliphatic hydroxyl groups excluding tert-OH is 1. The van der Waals surface area contributed by atoms with Gasteiger partial charge in [-0.15, -0.1) is 0 Å². The molecule has 1 aromatic carbocycles. The highest BCUT2D eigenvalue weighted by Gasteiger charge is 2.36. The summed E-state index contributed by atoms with van der Waals surface area (Å²) in [5, 5.41) is 15.8. The molecule has 0 spiro atoms. The zero-order valence-corrected chi connectivity index (χ0v) is 15.1. The number of benzene rings is 1. The summed E-state index contributed by atoms with van der Waals surface area (Å²) in [4.78, 5) is 26.7. The van der Waals surface area contributed by atoms with E-state index in [0.29, 0.717) is 26.2 Å². The Morgan fingerprint density at radius 3 is 2.56 bits per heavy atom. The lowest BCUT2D eigenvalue weighted by Gasteiger charge is -2.22. The average Bonchev–Trinajstić information content (AvgIpc) is 3.10. The minimum Gasteiger partial charge on any atom is -0.391 e. The molecule has 2 heterocycles. The summed E-state index contributed by atoms with van der Waals surface area (Å²) < 4.78 is 0. The molecule has 3 N–H and O–H groups in total. The first-order valence-electron chi connectivity index (χ1n) is 8.91. The molecule has 0 aliphatic carbocycles. The van der Waals surface area contributed by atoms with Crippen LogP contribution in [0.3, 0.4) is 0 Å². The number of amides is 2. The van der Waals surface area contributed by atoms with Gasteiger partial charge in [-0.05, 0) is 31.9 Å². The summed E-state index contributed by atoms with van der Waals surface area (Å²) in [6, 6.07) is 4.13. The second-order valence-corrected chi connectivity index (χ2v) is 7.38. The number of nitrogens with one attached hydrogen (secondary N) is 2. The molecule has 2 aliphatic rings. The number of β-amino-alcohol motifs (C(OH)–C–C–N with tert-alkyl or cyclic N) is 1. The van der Waals surface area contributed by atoms with Crippen LogP contribution < -0.4 is 15.5 Å². The Morgan fingerprint density at radius 1 is 1.28 bits per heavy atom. The highest BCUT2D eigenvalue weighted by atomic mass is 16.3. The zero-order chi connectivity index (χ0) is 18.1. The van der Waals surface area contributed by atoms with E-state index >= 15 is 0 Å². The van der Waals surface area contributed by atoms with Crippen LogP contribution in [0.4, 0.5) is 5.69 Å². The van der Waals surface area contributed by atoms with Crippen molar-refractivity contribution in [1.82, 2.24) is 10.6 Å². The Labute approximate surface area is 148 Å². The van der Waals surface area contributed by atoms with Gasteiger partial charge in [-0.1, -0.05) is 17.7 Å². The summed E-state index contributed by atoms with van der Waals surface area (Å²) in [5.74, 6) is -0.395. The summed E-state index contributed by atoms with van der Waals surface area (Å²) in [6.45, 7) is 8.19. The lowest BCUT2D eigenvalue weighted by Crippen LogP contribution is -2.38. The summed E-state index contributed by atoms with van der Waals surface area (Å²) in [7, 11) is 0. The van der Waals surface area contributed by atoms with Crippen molar-refractivity contribution in [2.45, 2.75) is 33.3 Å². The fraction of sp³-hybridized carbons (Fsp3) is 0.579. The smallest absolute Gasteiger partial charge is 0.227 e. The first kappa shape index (κ1) is 17.9. The molecule has 2 saturated heterocycles. The molecule has 0 bridgehead atoms. The van der Waals surface area contributed by atoms with Crippen molar-refractivity contribution < 1.29 is 14.7 Å². The molecule has 2 aliphatic heterocycles. The van der Waals surface area contributed by atoms with Gasteiger partial charge in [0.25, 0.3) is 0 Å². The van der Waals surface area contributed by atoms with Gasteiger partial charge >= 0.3 is 0 Å². The molecular formula is C19H27N3O3. The Morgan fingerprint density at radius 2 is 1.96 bits per heavy atom. The van der Waals surface area contributed by atoms with Crippen molar-refractivity contribution in [3.05, 3.63) is 28.8 Å². The van der Waals surface area contributed by atoms with Gasteiger partial charge in [0, 0.05) is 44.2 Å². The lowest BCUT2D eigenvalue weighted by atomic mass is 10.0. The molecule has 0 aromatic heterocycles. The molecule has 6 nitrogen and oxygen atoms in total. The number of aliphatic hydroxyl groups is 1. The molecule has 2 fully saturated rings. The Balaban J connectivity index is 1.65. The maximum Gasteiger partial charge on any atom is 0.227 e. The first-order valence-corrected chi connectivity index (χ1v) is 8.91. The number of rotatable bonds is 4. The molecule has 136 valence electrons. The van der Waals surface area contributed by atoms with Gasteiger partial charge in [0.2, 0.25) is 11.8 Å². The van der Waals surface area contributed by atoms with Crippen molar-refractivity contribution >= 4 is 17.5 Å². The van der Waals surface area contributed by atoms with Crippen LogP contribution in [0, 0.1) is 32.6 Å². The van der Waals surface area contributed by atoms with Gasteiger partial charge in [0.1, 0.15) is 0 Å². The van der Waals surface area contributed by atoms with Crippen LogP contribution in [0.2, 0.25) is 0 Å². The van der Waals surface area contributed by atoms with E-state index in [2.05, 4.69) is 22.8 Å². The van der Waals surface area contributed by atoms with Crippen molar-refractivity contribution in [2.24, 2.45) is 11.8 Å². The number of anilines is 1. The monoisotopic (exact) mass is 345 g/mol. The van der Waals surface area contributed by atoms with Gasteiger partial charge in [0.15, 0.2) is 0 Å². The second kappa shape index (κ2) is 7.14. The quantitative estimate of drug-likeness (QED) is 0.749. The standard InChI is InChI=1S/C19H27N3O3/c1-11-4-12(2)18(13(3)5-11)22-10-14(6-17(22)24)19(25)21-8-15-7-20-9-16(15)23/h4-5,14-16,20,23H,6-10H2,1-3H3,(H,21,25). The molecule has 0 saturated carbocycles. The number of carbonyl (C=O) groups excluding carboxylic acids is 2. The summed E-state index contributed by atoms with van der Waals surface area (Å²) >= 11 is 0. The predicted molar refractivity (Wildman–Crippen MR) is 96.5 cm³/mol. The molecule has 6 heteroatoms. The van der Waals surface area contributed by atoms with E-state index in [9.17, 15) is 14.7 Å². The Hall–Kier alpha value is -1.92. The van der Waals surface area contributed by atoms with Gasteiger partial charge in [-0.2, -0.15) is 0 Å². The third-order valence-corrected chi connectivity index (χ3v) is 5.24. The minimum atomic E-state index is -0.417. The number of nitrogens with zero attached hydrogens (tertiary/aromatic N) is 1. The molecule has 2 amide bonds. The third kappa shape index (κ3) is 3.70. The van der Waals surface area contributed by atoms with Crippen LogP contribution in [-0.2, 0) is 9.59 Å². The number of hydrogen-bond acceptors (Lipinski definition) is 4. The van der Waals surface area contributed by atoms with Gasteiger partial charge in [-0.25, -0.2) is 0 Å².